The number of amides is 4. The van der Waals surface area contributed by atoms with Crippen molar-refractivity contribution in [2.24, 2.45) is 0 Å². The van der Waals surface area contributed by atoms with Crippen molar-refractivity contribution in [1.82, 2.24) is 40.4 Å². The molecule has 4 aliphatic rings. The zero-order valence-corrected chi connectivity index (χ0v) is 42.6. The second-order valence-corrected chi connectivity index (χ2v) is 25.6. The monoisotopic (exact) mass is 996 g/mol. The first kappa shape index (κ1) is 49.7. The molecule has 7 atom stereocenters. The summed E-state index contributed by atoms with van der Waals surface area (Å²) in [6.07, 6.45) is 2.64. The van der Waals surface area contributed by atoms with Crippen molar-refractivity contribution in [2.45, 2.75) is 126 Å². The molecule has 3 aromatic carbocycles. The topological polar surface area (TPSA) is 190 Å². The van der Waals surface area contributed by atoms with Gasteiger partial charge in [-0.1, -0.05) is 19.1 Å². The van der Waals surface area contributed by atoms with Crippen LogP contribution in [0.3, 0.4) is 0 Å². The summed E-state index contributed by atoms with van der Waals surface area (Å²) in [5.74, 6) is -0.393. The molecule has 6 heterocycles. The lowest BCUT2D eigenvalue weighted by Gasteiger charge is -2.44. The number of carbonyl (C=O) groups is 4. The van der Waals surface area contributed by atoms with Crippen molar-refractivity contribution < 1.29 is 42.2 Å². The molecule has 4 N–H and O–H groups in total. The number of H-pyrrole nitrogens is 2. The number of rotatable bonds is 13. The Kier molecular flexibility index (Phi) is 14.3. The number of halogens is 2. The second kappa shape index (κ2) is 20.4. The smallest absolute Gasteiger partial charge is 0.407 e. The van der Waals surface area contributed by atoms with Gasteiger partial charge in [0.05, 0.1) is 66.6 Å². The van der Waals surface area contributed by atoms with Gasteiger partial charge in [0.2, 0.25) is 11.8 Å². The maximum Gasteiger partial charge on any atom is 0.407 e. The van der Waals surface area contributed by atoms with E-state index in [4.69, 9.17) is 24.2 Å². The van der Waals surface area contributed by atoms with Crippen LogP contribution in [0, 0.1) is 11.6 Å². The number of hydrogen-bond donors (Lipinski definition) is 4. The van der Waals surface area contributed by atoms with Crippen LogP contribution in [0.25, 0.3) is 22.1 Å². The maximum atomic E-state index is 16.6. The van der Waals surface area contributed by atoms with Crippen LogP contribution in [-0.2, 0) is 23.8 Å². The average Bonchev–Trinajstić information content (AvgIpc) is 4.23. The molecule has 5 aromatic rings. The number of anilines is 2. The van der Waals surface area contributed by atoms with Crippen molar-refractivity contribution in [1.29, 1.82) is 0 Å². The van der Waals surface area contributed by atoms with E-state index in [1.807, 2.05) is 42.2 Å². The number of likely N-dealkylation sites (tertiary alicyclic amines) is 2. The number of aromatic amines is 2. The highest BCUT2D eigenvalue weighted by Crippen LogP contribution is 2.49. The lowest BCUT2D eigenvalue weighted by Crippen LogP contribution is -2.54. The summed E-state index contributed by atoms with van der Waals surface area (Å²) in [6, 6.07) is 14.0. The van der Waals surface area contributed by atoms with Crippen LogP contribution in [0.4, 0.5) is 29.7 Å². The van der Waals surface area contributed by atoms with E-state index in [2.05, 4.69) is 44.7 Å². The van der Waals surface area contributed by atoms with Crippen molar-refractivity contribution in [3.63, 3.8) is 0 Å². The standard InChI is InChI=1S/C51H66F2N10O7Si/c1-8-35(58-50(66)69-4)48(64)61-19-9-11-42(61)46-54-36-15-13-30(25-38(36)56-46)40-17-18-41(63(40)32-27-33(52)45(34(53)28-32)60-21-23-71(6,7)24-22-60)31-14-16-37-39(26-31)57-47(55-37)43-12-10-20-62(43)49(65)44(29(2)68-3)59-51(67)70-5/h13-16,25-29,35,40-44H,8-12,17-24H2,1-7H3,(H,54,56)(H,55,57)(H,58,66)(H,59,67)/q-1/t29-,35+,40+,41+,42+,43+,44+/m1/s1. The average molecular weight is 997 g/mol. The minimum atomic E-state index is -1.41. The van der Waals surface area contributed by atoms with Crippen LogP contribution in [-0.4, -0.2) is 128 Å². The molecule has 0 unspecified atom stereocenters. The predicted octanol–water partition coefficient (Wildman–Crippen LogP) is 8.55. The fraction of sp³-hybridized carbons (Fsp3) is 0.529. The van der Waals surface area contributed by atoms with Crippen LogP contribution in [0.15, 0.2) is 48.5 Å². The van der Waals surface area contributed by atoms with Crippen molar-refractivity contribution >= 4 is 65.5 Å². The van der Waals surface area contributed by atoms with E-state index in [1.165, 1.54) is 33.5 Å². The highest BCUT2D eigenvalue weighted by molar-refractivity contribution is 6.77. The Hall–Kier alpha value is -6.28. The molecule has 0 spiro atoms. The first-order valence-electron chi connectivity index (χ1n) is 25.0. The highest BCUT2D eigenvalue weighted by Gasteiger charge is 2.41. The molecular weight excluding hydrogens is 931 g/mol. The molecule has 2 aromatic heterocycles. The van der Waals surface area contributed by atoms with Gasteiger partial charge in [-0.2, -0.15) is 13.1 Å². The highest BCUT2D eigenvalue weighted by atomic mass is 28.3. The molecule has 0 radical (unpaired) electrons. The molecule has 9 rings (SSSR count). The third-order valence-electron chi connectivity index (χ3n) is 15.4. The van der Waals surface area contributed by atoms with Gasteiger partial charge in [0, 0.05) is 25.9 Å². The molecule has 381 valence electrons. The van der Waals surface area contributed by atoms with Crippen molar-refractivity contribution in [3.05, 3.63) is 82.9 Å². The number of nitrogens with zero attached hydrogens (tertiary/aromatic N) is 6. The van der Waals surface area contributed by atoms with Crippen molar-refractivity contribution in [3.8, 4) is 0 Å². The van der Waals surface area contributed by atoms with Gasteiger partial charge in [0.1, 0.15) is 29.4 Å². The normalized spacial score (nSPS) is 22.5. The Labute approximate surface area is 413 Å². The lowest BCUT2D eigenvalue weighted by atomic mass is 10.0. The van der Waals surface area contributed by atoms with E-state index in [9.17, 15) is 19.2 Å². The van der Waals surface area contributed by atoms with Gasteiger partial charge in [-0.05, 0) is 112 Å². The predicted molar refractivity (Wildman–Crippen MR) is 268 cm³/mol. The van der Waals surface area contributed by atoms with Crippen LogP contribution < -0.4 is 20.4 Å². The Morgan fingerprint density at radius 3 is 1.72 bits per heavy atom. The van der Waals surface area contributed by atoms with Gasteiger partial charge in [-0.3, -0.25) is 9.59 Å². The summed E-state index contributed by atoms with van der Waals surface area (Å²) >= 11 is 0. The number of methoxy groups -OCH3 is 3. The minimum Gasteiger partial charge on any atom is -0.453 e. The summed E-state index contributed by atoms with van der Waals surface area (Å²) in [5, 5.41) is 5.30. The number of nitrogens with one attached hydrogen (secondary N) is 4. The number of ether oxygens (including phenoxy) is 3. The van der Waals surface area contributed by atoms with E-state index >= 15 is 8.78 Å². The van der Waals surface area contributed by atoms with E-state index in [1.54, 1.807) is 16.7 Å². The number of fused-ring (bicyclic) bond motifs is 2. The second-order valence-electron chi connectivity index (χ2n) is 20.3. The molecule has 20 heteroatoms. The quantitative estimate of drug-likeness (QED) is 0.0828. The summed E-state index contributed by atoms with van der Waals surface area (Å²) in [6.45, 7) is 10.5. The Morgan fingerprint density at radius 2 is 1.23 bits per heavy atom. The SMILES string of the molecule is CC[C@H](NC(=O)OC)C(=O)N1CCC[C@H]1c1nc2ccc([C@@H]3CC[C@@H](c4ccc5nc([C@@H]6CCCN6C(=O)[C@@H](NC(=O)OC)[C@@H](C)OC)[nH]c5c4)N3c3cc(F)c(N4CC[Si-](C)(C)CC4)c(F)c3)cc2[nH]1. The Morgan fingerprint density at radius 1 is 0.718 bits per heavy atom. The van der Waals surface area contributed by atoms with Crippen LogP contribution in [0.5, 0.6) is 0 Å². The molecule has 4 fully saturated rings. The first-order valence-corrected chi connectivity index (χ1v) is 28.4. The molecule has 17 nitrogen and oxygen atoms in total. The number of alkyl carbamates (subject to hydrolysis) is 2. The van der Waals surface area contributed by atoms with Gasteiger partial charge in [0.15, 0.2) is 11.6 Å². The molecular formula is C51H66F2N10O7Si-. The fourth-order valence-corrected chi connectivity index (χ4v) is 13.2. The molecule has 4 aliphatic heterocycles. The van der Waals surface area contributed by atoms with E-state index in [0.717, 1.165) is 52.6 Å². The Balaban J connectivity index is 1.04. The third kappa shape index (κ3) is 9.88. The minimum absolute atomic E-state index is 0.0256. The fourth-order valence-electron chi connectivity index (χ4n) is 11.2. The van der Waals surface area contributed by atoms with E-state index in [-0.39, 0.29) is 41.7 Å². The van der Waals surface area contributed by atoms with Gasteiger partial charge < -0.3 is 54.4 Å². The molecule has 4 amide bonds. The van der Waals surface area contributed by atoms with E-state index in [0.29, 0.717) is 81.1 Å². The molecule has 4 saturated heterocycles. The zero-order valence-electron chi connectivity index (χ0n) is 41.6. The third-order valence-corrected chi connectivity index (χ3v) is 18.5. The molecule has 0 bridgehead atoms. The van der Waals surface area contributed by atoms with Crippen LogP contribution in [0.2, 0.25) is 25.2 Å². The number of carbonyl (C=O) groups excluding carboxylic acids is 4. The maximum absolute atomic E-state index is 16.6. The summed E-state index contributed by atoms with van der Waals surface area (Å²) in [5.41, 5.74) is 5.31. The number of aromatic nitrogens is 4. The largest absolute Gasteiger partial charge is 0.453 e. The van der Waals surface area contributed by atoms with Gasteiger partial charge in [-0.25, -0.2) is 28.3 Å². The molecule has 0 saturated carbocycles. The van der Waals surface area contributed by atoms with Gasteiger partial charge in [0.25, 0.3) is 0 Å². The number of hydrogen-bond acceptors (Lipinski definition) is 11. The van der Waals surface area contributed by atoms with Gasteiger partial charge in [-0.15, -0.1) is 20.2 Å². The van der Waals surface area contributed by atoms with E-state index < -0.39 is 50.1 Å². The molecule has 71 heavy (non-hydrogen) atoms. The molecule has 0 aliphatic carbocycles. The van der Waals surface area contributed by atoms with Crippen LogP contribution >= 0.6 is 0 Å². The number of benzene rings is 3. The summed E-state index contributed by atoms with van der Waals surface area (Å²) in [4.78, 5) is 76.5. The Bertz CT molecular complexity index is 2770. The summed E-state index contributed by atoms with van der Waals surface area (Å²) in [7, 11) is 2.59. The first-order chi connectivity index (χ1) is 34.1. The van der Waals surface area contributed by atoms with Gasteiger partial charge >= 0.3 is 12.2 Å². The number of imidazole rings is 2. The summed E-state index contributed by atoms with van der Waals surface area (Å²) < 4.78 is 48.3. The van der Waals surface area contributed by atoms with Crippen molar-refractivity contribution in [2.75, 3.05) is 57.3 Å². The van der Waals surface area contributed by atoms with Crippen LogP contribution in [0.1, 0.15) is 106 Å². The lowest BCUT2D eigenvalue weighted by molar-refractivity contribution is -0.137. The zero-order chi connectivity index (χ0) is 50.3.